The van der Waals surface area contributed by atoms with Gasteiger partial charge in [0.2, 0.25) is 0 Å². The number of rotatable bonds is 7. The number of hydrogen-bond acceptors (Lipinski definition) is 5. The number of nitrogens with zero attached hydrogens (tertiary/aromatic N) is 1. The lowest BCUT2D eigenvalue weighted by molar-refractivity contribution is 0.102. The van der Waals surface area contributed by atoms with E-state index in [0.29, 0.717) is 34.1 Å². The second kappa shape index (κ2) is 10.8. The fourth-order valence-electron chi connectivity index (χ4n) is 4.02. The molecule has 1 aliphatic heterocycles. The fraction of sp³-hybridized carbons (Fsp3) is 0.259. The van der Waals surface area contributed by atoms with E-state index in [1.165, 1.54) is 0 Å². The van der Waals surface area contributed by atoms with Crippen LogP contribution in [0.2, 0.25) is 0 Å². The quantitative estimate of drug-likeness (QED) is 0.420. The zero-order valence-corrected chi connectivity index (χ0v) is 20.2. The predicted molar refractivity (Wildman–Crippen MR) is 139 cm³/mol. The van der Waals surface area contributed by atoms with Gasteiger partial charge in [0.1, 0.15) is 11.5 Å². The SMILES string of the molecule is COc1cc(NC(=O)Nc2cc(NC(=O)c3ccc(C)cc3)ccc2N2CCCC2)cc(OC)c1. The third-order valence-electron chi connectivity index (χ3n) is 5.87. The van der Waals surface area contributed by atoms with E-state index < -0.39 is 6.03 Å². The highest BCUT2D eigenvalue weighted by Gasteiger charge is 2.18. The maximum Gasteiger partial charge on any atom is 0.323 e. The monoisotopic (exact) mass is 474 g/mol. The molecule has 0 spiro atoms. The lowest BCUT2D eigenvalue weighted by Gasteiger charge is -2.22. The Morgan fingerprint density at radius 1 is 0.771 bits per heavy atom. The van der Waals surface area contributed by atoms with Crippen molar-refractivity contribution in [3.8, 4) is 11.5 Å². The molecule has 3 amide bonds. The molecule has 0 aliphatic carbocycles. The van der Waals surface area contributed by atoms with Crippen LogP contribution in [0.3, 0.4) is 0 Å². The third-order valence-corrected chi connectivity index (χ3v) is 5.87. The Morgan fingerprint density at radius 3 is 2.06 bits per heavy atom. The highest BCUT2D eigenvalue weighted by atomic mass is 16.5. The molecule has 0 atom stereocenters. The number of carbonyl (C=O) groups excluding carboxylic acids is 2. The number of hydrogen-bond donors (Lipinski definition) is 3. The molecule has 182 valence electrons. The van der Waals surface area contributed by atoms with Crippen molar-refractivity contribution in [2.24, 2.45) is 0 Å². The molecule has 0 aromatic heterocycles. The molecule has 3 aromatic rings. The molecule has 1 heterocycles. The number of aryl methyl sites for hydroxylation is 1. The highest BCUT2D eigenvalue weighted by molar-refractivity contribution is 6.06. The molecule has 4 rings (SSSR count). The highest BCUT2D eigenvalue weighted by Crippen LogP contribution is 2.32. The van der Waals surface area contributed by atoms with E-state index in [9.17, 15) is 9.59 Å². The van der Waals surface area contributed by atoms with Gasteiger partial charge in [0.25, 0.3) is 5.91 Å². The largest absolute Gasteiger partial charge is 0.497 e. The standard InChI is InChI=1S/C27H30N4O4/c1-18-6-8-19(9-7-18)26(32)28-20-10-11-25(31-12-4-5-13-31)24(16-20)30-27(33)29-21-14-22(34-2)17-23(15-21)35-3/h6-11,14-17H,4-5,12-13H2,1-3H3,(H,28,32)(H2,29,30,33). The van der Waals surface area contributed by atoms with Crippen LogP contribution in [0.25, 0.3) is 0 Å². The molecule has 0 saturated carbocycles. The van der Waals surface area contributed by atoms with Gasteiger partial charge in [-0.3, -0.25) is 4.79 Å². The first-order valence-corrected chi connectivity index (χ1v) is 11.5. The Hall–Kier alpha value is -4.20. The van der Waals surface area contributed by atoms with Crippen LogP contribution in [0.4, 0.5) is 27.5 Å². The lowest BCUT2D eigenvalue weighted by Crippen LogP contribution is -2.24. The second-order valence-electron chi connectivity index (χ2n) is 8.43. The van der Waals surface area contributed by atoms with Crippen LogP contribution in [0.1, 0.15) is 28.8 Å². The molecule has 1 saturated heterocycles. The number of ether oxygens (including phenoxy) is 2. The minimum atomic E-state index is -0.414. The van der Waals surface area contributed by atoms with Gasteiger partial charge in [0.15, 0.2) is 0 Å². The van der Waals surface area contributed by atoms with Crippen molar-refractivity contribution in [3.63, 3.8) is 0 Å². The van der Waals surface area contributed by atoms with E-state index in [1.54, 1.807) is 50.6 Å². The molecular formula is C27H30N4O4. The zero-order chi connectivity index (χ0) is 24.8. The van der Waals surface area contributed by atoms with Gasteiger partial charge in [-0.05, 0) is 50.1 Å². The van der Waals surface area contributed by atoms with Gasteiger partial charge in [-0.2, -0.15) is 0 Å². The molecular weight excluding hydrogens is 444 g/mol. The second-order valence-corrected chi connectivity index (χ2v) is 8.43. The number of nitrogens with one attached hydrogen (secondary N) is 3. The summed E-state index contributed by atoms with van der Waals surface area (Å²) in [6.45, 7) is 3.81. The number of anilines is 4. The summed E-state index contributed by atoms with van der Waals surface area (Å²) in [5, 5.41) is 8.71. The molecule has 8 heteroatoms. The zero-order valence-electron chi connectivity index (χ0n) is 20.2. The Balaban J connectivity index is 1.55. The molecule has 3 aromatic carbocycles. The van der Waals surface area contributed by atoms with Crippen LogP contribution in [0, 0.1) is 6.92 Å². The van der Waals surface area contributed by atoms with Gasteiger partial charge >= 0.3 is 6.03 Å². The summed E-state index contributed by atoms with van der Waals surface area (Å²) in [6.07, 6.45) is 2.20. The Morgan fingerprint density at radius 2 is 1.43 bits per heavy atom. The van der Waals surface area contributed by atoms with Crippen molar-refractivity contribution in [2.45, 2.75) is 19.8 Å². The first kappa shape index (κ1) is 23.9. The van der Waals surface area contributed by atoms with E-state index in [1.807, 2.05) is 31.2 Å². The molecule has 8 nitrogen and oxygen atoms in total. The topological polar surface area (TPSA) is 91.9 Å². The third kappa shape index (κ3) is 6.03. The smallest absolute Gasteiger partial charge is 0.323 e. The Kier molecular flexibility index (Phi) is 7.40. The van der Waals surface area contributed by atoms with Crippen molar-refractivity contribution in [2.75, 3.05) is 48.2 Å². The average molecular weight is 475 g/mol. The van der Waals surface area contributed by atoms with Crippen molar-refractivity contribution in [3.05, 3.63) is 71.8 Å². The Bertz CT molecular complexity index is 1180. The lowest BCUT2D eigenvalue weighted by atomic mass is 10.1. The van der Waals surface area contributed by atoms with Gasteiger partial charge in [0.05, 0.1) is 25.6 Å². The van der Waals surface area contributed by atoms with Crippen molar-refractivity contribution in [1.82, 2.24) is 0 Å². The summed E-state index contributed by atoms with van der Waals surface area (Å²) in [7, 11) is 3.11. The molecule has 35 heavy (non-hydrogen) atoms. The van der Waals surface area contributed by atoms with Crippen molar-refractivity contribution < 1.29 is 19.1 Å². The van der Waals surface area contributed by atoms with Crippen LogP contribution in [-0.4, -0.2) is 39.2 Å². The molecule has 1 aliphatic rings. The summed E-state index contributed by atoms with van der Waals surface area (Å²) in [4.78, 5) is 27.9. The maximum atomic E-state index is 12.9. The minimum absolute atomic E-state index is 0.210. The van der Waals surface area contributed by atoms with E-state index in [2.05, 4.69) is 20.9 Å². The number of amides is 3. The van der Waals surface area contributed by atoms with Crippen molar-refractivity contribution >= 4 is 34.7 Å². The number of urea groups is 1. The van der Waals surface area contributed by atoms with Crippen molar-refractivity contribution in [1.29, 1.82) is 0 Å². The van der Waals surface area contributed by atoms with Crippen LogP contribution in [0.15, 0.2) is 60.7 Å². The van der Waals surface area contributed by atoms with E-state index in [0.717, 1.165) is 37.2 Å². The maximum absolute atomic E-state index is 12.9. The summed E-state index contributed by atoms with van der Waals surface area (Å²) in [5.41, 5.74) is 4.30. The first-order valence-electron chi connectivity index (χ1n) is 11.5. The minimum Gasteiger partial charge on any atom is -0.497 e. The predicted octanol–water partition coefficient (Wildman–Crippen LogP) is 5.51. The summed E-state index contributed by atoms with van der Waals surface area (Å²) < 4.78 is 10.6. The molecule has 0 unspecified atom stereocenters. The number of carbonyl (C=O) groups is 2. The van der Waals surface area contributed by atoms with Gasteiger partial charge in [-0.1, -0.05) is 17.7 Å². The summed E-state index contributed by atoms with van der Waals surface area (Å²) >= 11 is 0. The van der Waals surface area contributed by atoms with Gasteiger partial charge in [-0.15, -0.1) is 0 Å². The number of benzene rings is 3. The molecule has 1 fully saturated rings. The Labute approximate surface area is 205 Å². The van der Waals surface area contributed by atoms with Crippen LogP contribution in [-0.2, 0) is 0 Å². The van der Waals surface area contributed by atoms with Crippen LogP contribution < -0.4 is 30.3 Å². The fourth-order valence-corrected chi connectivity index (χ4v) is 4.02. The average Bonchev–Trinajstić information content (AvgIpc) is 3.39. The molecule has 0 bridgehead atoms. The summed E-state index contributed by atoms with van der Waals surface area (Å²) in [6, 6.07) is 17.7. The van der Waals surface area contributed by atoms with Gasteiger partial charge < -0.3 is 30.3 Å². The van der Waals surface area contributed by atoms with E-state index in [-0.39, 0.29) is 5.91 Å². The normalized spacial score (nSPS) is 12.7. The first-order chi connectivity index (χ1) is 16.9. The molecule has 0 radical (unpaired) electrons. The molecule has 3 N–H and O–H groups in total. The van der Waals surface area contributed by atoms with Gasteiger partial charge in [0, 0.05) is 48.2 Å². The summed E-state index contributed by atoms with van der Waals surface area (Å²) in [5.74, 6) is 0.925. The van der Waals surface area contributed by atoms with Crippen LogP contribution in [0.5, 0.6) is 11.5 Å². The van der Waals surface area contributed by atoms with E-state index in [4.69, 9.17) is 9.47 Å². The van der Waals surface area contributed by atoms with Crippen LogP contribution >= 0.6 is 0 Å². The number of methoxy groups -OCH3 is 2. The van der Waals surface area contributed by atoms with E-state index >= 15 is 0 Å². The van der Waals surface area contributed by atoms with Gasteiger partial charge in [-0.25, -0.2) is 4.79 Å².